The van der Waals surface area contributed by atoms with Crippen LogP contribution in [0, 0.1) is 11.3 Å². The lowest BCUT2D eigenvalue weighted by Gasteiger charge is -2.55. The topological polar surface area (TPSA) is 20.2 Å². The van der Waals surface area contributed by atoms with E-state index in [9.17, 15) is 5.11 Å². The SMILES string of the molecule is OC(c1ccccc1)C1CC2(CCC2)C1. The molecule has 0 saturated heterocycles. The quantitative estimate of drug-likeness (QED) is 0.780. The van der Waals surface area contributed by atoms with E-state index in [0.717, 1.165) is 5.56 Å². The van der Waals surface area contributed by atoms with Gasteiger partial charge in [0.25, 0.3) is 0 Å². The maximum absolute atomic E-state index is 10.2. The summed E-state index contributed by atoms with van der Waals surface area (Å²) in [5, 5.41) is 10.2. The van der Waals surface area contributed by atoms with Crippen molar-refractivity contribution in [3.05, 3.63) is 35.9 Å². The highest BCUT2D eigenvalue weighted by molar-refractivity contribution is 5.19. The highest BCUT2D eigenvalue weighted by atomic mass is 16.3. The summed E-state index contributed by atoms with van der Waals surface area (Å²) in [4.78, 5) is 0. The van der Waals surface area contributed by atoms with Crippen LogP contribution in [0.2, 0.25) is 0 Å². The van der Waals surface area contributed by atoms with Crippen molar-refractivity contribution >= 4 is 0 Å². The molecule has 3 rings (SSSR count). The molecule has 2 aliphatic rings. The van der Waals surface area contributed by atoms with Gasteiger partial charge in [-0.05, 0) is 42.6 Å². The molecule has 0 aliphatic heterocycles. The first-order valence-electron chi connectivity index (χ1n) is 6.02. The second kappa shape index (κ2) is 3.34. The number of hydrogen-bond donors (Lipinski definition) is 1. The normalized spacial score (nSPS) is 25.7. The summed E-state index contributed by atoms with van der Waals surface area (Å²) in [6.07, 6.45) is 6.51. The number of aliphatic hydroxyl groups excluding tert-OH is 1. The molecule has 15 heavy (non-hydrogen) atoms. The Morgan fingerprint density at radius 2 is 1.80 bits per heavy atom. The van der Waals surface area contributed by atoms with Crippen LogP contribution in [0.5, 0.6) is 0 Å². The van der Waals surface area contributed by atoms with Crippen LogP contribution >= 0.6 is 0 Å². The van der Waals surface area contributed by atoms with Crippen molar-refractivity contribution in [3.8, 4) is 0 Å². The van der Waals surface area contributed by atoms with Gasteiger partial charge in [0.1, 0.15) is 0 Å². The Balaban J connectivity index is 1.65. The molecule has 1 N–H and O–H groups in total. The van der Waals surface area contributed by atoms with Gasteiger partial charge in [-0.25, -0.2) is 0 Å². The zero-order valence-electron chi connectivity index (χ0n) is 9.02. The summed E-state index contributed by atoms with van der Waals surface area (Å²) >= 11 is 0. The van der Waals surface area contributed by atoms with Crippen LogP contribution in [0.3, 0.4) is 0 Å². The minimum atomic E-state index is -0.225. The summed E-state index contributed by atoms with van der Waals surface area (Å²) in [6, 6.07) is 10.1. The fourth-order valence-corrected chi connectivity index (χ4v) is 3.28. The van der Waals surface area contributed by atoms with E-state index in [1.807, 2.05) is 30.3 Å². The molecule has 1 nitrogen and oxygen atoms in total. The largest absolute Gasteiger partial charge is 0.388 e. The monoisotopic (exact) mass is 202 g/mol. The maximum Gasteiger partial charge on any atom is 0.0818 e. The highest BCUT2D eigenvalue weighted by Gasteiger charge is 2.50. The Bertz CT molecular complexity index is 332. The molecule has 2 saturated carbocycles. The average Bonchev–Trinajstić information content (AvgIpc) is 2.14. The third-order valence-corrected chi connectivity index (χ3v) is 4.39. The smallest absolute Gasteiger partial charge is 0.0818 e. The third kappa shape index (κ3) is 1.50. The molecule has 1 aromatic rings. The van der Waals surface area contributed by atoms with Gasteiger partial charge < -0.3 is 5.11 Å². The average molecular weight is 202 g/mol. The lowest BCUT2D eigenvalue weighted by molar-refractivity contribution is -0.0808. The molecular formula is C14H18O. The van der Waals surface area contributed by atoms with Crippen molar-refractivity contribution in [2.24, 2.45) is 11.3 Å². The Hall–Kier alpha value is -0.820. The van der Waals surface area contributed by atoms with Crippen molar-refractivity contribution in [1.29, 1.82) is 0 Å². The number of rotatable bonds is 2. The predicted molar refractivity (Wildman–Crippen MR) is 60.4 cm³/mol. The van der Waals surface area contributed by atoms with Crippen molar-refractivity contribution in [2.75, 3.05) is 0 Å². The molecule has 2 fully saturated rings. The zero-order valence-corrected chi connectivity index (χ0v) is 9.02. The van der Waals surface area contributed by atoms with Crippen molar-refractivity contribution in [2.45, 2.75) is 38.2 Å². The molecule has 1 spiro atoms. The maximum atomic E-state index is 10.2. The summed E-state index contributed by atoms with van der Waals surface area (Å²) in [5.41, 5.74) is 1.76. The van der Waals surface area contributed by atoms with E-state index < -0.39 is 0 Å². The molecule has 0 heterocycles. The van der Waals surface area contributed by atoms with Crippen LogP contribution in [0.1, 0.15) is 43.8 Å². The zero-order chi connectivity index (χ0) is 10.3. The minimum Gasteiger partial charge on any atom is -0.388 e. The minimum absolute atomic E-state index is 0.225. The van der Waals surface area contributed by atoms with Gasteiger partial charge in [-0.1, -0.05) is 36.8 Å². The number of hydrogen-bond acceptors (Lipinski definition) is 1. The fourth-order valence-electron chi connectivity index (χ4n) is 3.28. The van der Waals surface area contributed by atoms with Gasteiger partial charge in [-0.3, -0.25) is 0 Å². The fraction of sp³-hybridized carbons (Fsp3) is 0.571. The molecular weight excluding hydrogens is 184 g/mol. The van der Waals surface area contributed by atoms with Gasteiger partial charge >= 0.3 is 0 Å². The van der Waals surface area contributed by atoms with Gasteiger partial charge in [-0.2, -0.15) is 0 Å². The first-order valence-corrected chi connectivity index (χ1v) is 6.02. The van der Waals surface area contributed by atoms with Crippen LogP contribution in [0.15, 0.2) is 30.3 Å². The van der Waals surface area contributed by atoms with E-state index in [-0.39, 0.29) is 6.10 Å². The first-order chi connectivity index (χ1) is 7.29. The Kier molecular flexibility index (Phi) is 2.10. The van der Waals surface area contributed by atoms with Gasteiger partial charge in [-0.15, -0.1) is 0 Å². The second-order valence-electron chi connectivity index (χ2n) is 5.38. The predicted octanol–water partition coefficient (Wildman–Crippen LogP) is 3.30. The van der Waals surface area contributed by atoms with E-state index in [0.29, 0.717) is 11.3 Å². The van der Waals surface area contributed by atoms with Gasteiger partial charge in [0.05, 0.1) is 6.10 Å². The summed E-state index contributed by atoms with van der Waals surface area (Å²) in [6.45, 7) is 0. The van der Waals surface area contributed by atoms with E-state index in [2.05, 4.69) is 0 Å². The second-order valence-corrected chi connectivity index (χ2v) is 5.38. The van der Waals surface area contributed by atoms with Crippen molar-refractivity contribution in [1.82, 2.24) is 0 Å². The Labute approximate surface area is 91.1 Å². The standard InChI is InChI=1S/C14H18O/c15-13(11-5-2-1-3-6-11)12-9-14(10-12)7-4-8-14/h1-3,5-6,12-13,15H,4,7-10H2. The van der Waals surface area contributed by atoms with Crippen LogP contribution in [0.25, 0.3) is 0 Å². The first kappa shape index (κ1) is 9.41. The van der Waals surface area contributed by atoms with Crippen LogP contribution in [-0.2, 0) is 0 Å². The lowest BCUT2D eigenvalue weighted by atomic mass is 9.50. The van der Waals surface area contributed by atoms with Crippen LogP contribution < -0.4 is 0 Å². The molecule has 1 heteroatoms. The Morgan fingerprint density at radius 1 is 1.13 bits per heavy atom. The molecule has 1 unspecified atom stereocenters. The molecule has 2 aliphatic carbocycles. The molecule has 0 bridgehead atoms. The Morgan fingerprint density at radius 3 is 2.33 bits per heavy atom. The molecule has 0 aromatic heterocycles. The van der Waals surface area contributed by atoms with Crippen molar-refractivity contribution < 1.29 is 5.11 Å². The summed E-state index contributed by atoms with van der Waals surface area (Å²) in [5.74, 6) is 0.521. The van der Waals surface area contributed by atoms with E-state index in [4.69, 9.17) is 0 Å². The lowest BCUT2D eigenvalue weighted by Crippen LogP contribution is -2.44. The third-order valence-electron chi connectivity index (χ3n) is 4.39. The van der Waals surface area contributed by atoms with Gasteiger partial charge in [0.2, 0.25) is 0 Å². The van der Waals surface area contributed by atoms with Crippen molar-refractivity contribution in [3.63, 3.8) is 0 Å². The van der Waals surface area contributed by atoms with Gasteiger partial charge in [0, 0.05) is 0 Å². The summed E-state index contributed by atoms with van der Waals surface area (Å²) in [7, 11) is 0. The molecule has 80 valence electrons. The molecule has 1 aromatic carbocycles. The number of aliphatic hydroxyl groups is 1. The number of benzene rings is 1. The van der Waals surface area contributed by atoms with E-state index in [1.165, 1.54) is 32.1 Å². The summed E-state index contributed by atoms with van der Waals surface area (Å²) < 4.78 is 0. The van der Waals surface area contributed by atoms with E-state index >= 15 is 0 Å². The molecule has 0 radical (unpaired) electrons. The highest BCUT2D eigenvalue weighted by Crippen LogP contribution is 2.61. The molecule has 1 atom stereocenters. The van der Waals surface area contributed by atoms with E-state index in [1.54, 1.807) is 0 Å². The van der Waals surface area contributed by atoms with Crippen LogP contribution in [-0.4, -0.2) is 5.11 Å². The van der Waals surface area contributed by atoms with Gasteiger partial charge in [0.15, 0.2) is 0 Å². The molecule has 0 amide bonds. The van der Waals surface area contributed by atoms with Crippen LogP contribution in [0.4, 0.5) is 0 Å².